The summed E-state index contributed by atoms with van der Waals surface area (Å²) in [5.74, 6) is -1.26. The molecule has 1 N–H and O–H groups in total. The fourth-order valence-corrected chi connectivity index (χ4v) is 2.75. The van der Waals surface area contributed by atoms with E-state index in [2.05, 4.69) is 5.32 Å². The molecule has 0 radical (unpaired) electrons. The fourth-order valence-electron chi connectivity index (χ4n) is 1.83. The Morgan fingerprint density at radius 2 is 1.60 bits per heavy atom. The van der Waals surface area contributed by atoms with Crippen LogP contribution < -0.4 is 5.32 Å². The van der Waals surface area contributed by atoms with Gasteiger partial charge >= 0.3 is 0 Å². The lowest BCUT2D eigenvalue weighted by Crippen LogP contribution is -2.09. The molecule has 1 unspecified atom stereocenters. The van der Waals surface area contributed by atoms with E-state index in [9.17, 15) is 8.78 Å². The smallest absolute Gasteiger partial charge is 0.131 e. The molecule has 2 aromatic carbocycles. The maximum Gasteiger partial charge on any atom is 0.131 e. The average Bonchev–Trinajstić information content (AvgIpc) is 2.33. The van der Waals surface area contributed by atoms with E-state index in [0.717, 1.165) is 6.07 Å². The Balaban J connectivity index is 2.30. The molecule has 0 spiro atoms. The van der Waals surface area contributed by atoms with Crippen LogP contribution in [0.2, 0.25) is 15.1 Å². The van der Waals surface area contributed by atoms with Crippen molar-refractivity contribution in [2.24, 2.45) is 0 Å². The van der Waals surface area contributed by atoms with Gasteiger partial charge in [0.15, 0.2) is 0 Å². The Kier molecular flexibility index (Phi) is 4.74. The van der Waals surface area contributed by atoms with Crippen molar-refractivity contribution in [1.29, 1.82) is 0 Å². The topological polar surface area (TPSA) is 12.0 Å². The minimum Gasteiger partial charge on any atom is -0.376 e. The van der Waals surface area contributed by atoms with E-state index in [0.29, 0.717) is 26.3 Å². The molecule has 2 aromatic rings. The first kappa shape index (κ1) is 15.4. The van der Waals surface area contributed by atoms with E-state index < -0.39 is 17.7 Å². The number of benzene rings is 2. The Bertz CT molecular complexity index is 623. The summed E-state index contributed by atoms with van der Waals surface area (Å²) in [7, 11) is 0. The van der Waals surface area contributed by atoms with Crippen LogP contribution in [0.4, 0.5) is 14.5 Å². The van der Waals surface area contributed by atoms with Crippen molar-refractivity contribution in [3.63, 3.8) is 0 Å². The first-order chi connectivity index (χ1) is 9.38. The van der Waals surface area contributed by atoms with Crippen LogP contribution in [0, 0.1) is 11.6 Å². The Hall–Kier alpha value is -1.03. The Morgan fingerprint density at radius 3 is 2.15 bits per heavy atom. The quantitative estimate of drug-likeness (QED) is 0.714. The maximum atomic E-state index is 13.7. The third kappa shape index (κ3) is 3.35. The number of rotatable bonds is 3. The van der Waals surface area contributed by atoms with Crippen LogP contribution in [-0.2, 0) is 0 Å². The maximum absolute atomic E-state index is 13.7. The molecular formula is C14H10Cl3F2N. The second-order valence-electron chi connectivity index (χ2n) is 4.28. The largest absolute Gasteiger partial charge is 0.376 e. The molecule has 1 atom stereocenters. The molecule has 106 valence electrons. The van der Waals surface area contributed by atoms with E-state index in [4.69, 9.17) is 34.8 Å². The summed E-state index contributed by atoms with van der Waals surface area (Å²) >= 11 is 17.9. The lowest BCUT2D eigenvalue weighted by molar-refractivity contribution is 0.566. The zero-order chi connectivity index (χ0) is 14.9. The first-order valence-corrected chi connectivity index (χ1v) is 6.88. The highest BCUT2D eigenvalue weighted by Crippen LogP contribution is 2.36. The number of anilines is 1. The lowest BCUT2D eigenvalue weighted by Gasteiger charge is -2.18. The molecule has 0 fully saturated rings. The normalized spacial score (nSPS) is 12.3. The number of hydrogen-bond donors (Lipinski definition) is 1. The molecule has 20 heavy (non-hydrogen) atoms. The molecule has 6 heteroatoms. The van der Waals surface area contributed by atoms with E-state index >= 15 is 0 Å². The molecule has 0 aliphatic rings. The molecule has 0 bridgehead atoms. The van der Waals surface area contributed by atoms with Gasteiger partial charge in [0.2, 0.25) is 0 Å². The Labute approximate surface area is 130 Å². The SMILES string of the molecule is CC(Nc1c(Cl)cc(Cl)cc1Cl)c1ccc(F)cc1F. The van der Waals surface area contributed by atoms with Crippen molar-refractivity contribution in [2.45, 2.75) is 13.0 Å². The van der Waals surface area contributed by atoms with Crippen LogP contribution in [0.3, 0.4) is 0 Å². The van der Waals surface area contributed by atoms with E-state index in [1.165, 1.54) is 24.3 Å². The monoisotopic (exact) mass is 335 g/mol. The van der Waals surface area contributed by atoms with E-state index in [1.807, 2.05) is 0 Å². The summed E-state index contributed by atoms with van der Waals surface area (Å²) in [6.45, 7) is 1.72. The van der Waals surface area contributed by atoms with Crippen LogP contribution in [0.5, 0.6) is 0 Å². The van der Waals surface area contributed by atoms with Gasteiger partial charge in [-0.15, -0.1) is 0 Å². The minimum atomic E-state index is -0.633. The van der Waals surface area contributed by atoms with Crippen LogP contribution in [0.15, 0.2) is 30.3 Å². The highest BCUT2D eigenvalue weighted by atomic mass is 35.5. The van der Waals surface area contributed by atoms with Gasteiger partial charge in [0.1, 0.15) is 11.6 Å². The van der Waals surface area contributed by atoms with Gasteiger partial charge < -0.3 is 5.32 Å². The molecule has 0 aliphatic carbocycles. The van der Waals surface area contributed by atoms with Crippen molar-refractivity contribution in [3.05, 3.63) is 62.6 Å². The van der Waals surface area contributed by atoms with Gasteiger partial charge in [0.05, 0.1) is 21.8 Å². The zero-order valence-corrected chi connectivity index (χ0v) is 12.6. The van der Waals surface area contributed by atoms with Crippen LogP contribution in [0.1, 0.15) is 18.5 Å². The summed E-state index contributed by atoms with van der Waals surface area (Å²) < 4.78 is 26.6. The van der Waals surface area contributed by atoms with Gasteiger partial charge in [-0.1, -0.05) is 40.9 Å². The van der Waals surface area contributed by atoms with Crippen molar-refractivity contribution in [1.82, 2.24) is 0 Å². The fraction of sp³-hybridized carbons (Fsp3) is 0.143. The van der Waals surface area contributed by atoms with Crippen LogP contribution in [-0.4, -0.2) is 0 Å². The van der Waals surface area contributed by atoms with Gasteiger partial charge in [-0.25, -0.2) is 8.78 Å². The standard InChI is InChI=1S/C14H10Cl3F2N/c1-7(10-3-2-9(18)6-13(10)19)20-14-11(16)4-8(15)5-12(14)17/h2-7,20H,1H3. The molecule has 1 nitrogen and oxygen atoms in total. The van der Waals surface area contributed by atoms with Gasteiger partial charge in [-0.05, 0) is 25.1 Å². The third-order valence-electron chi connectivity index (χ3n) is 2.80. The summed E-state index contributed by atoms with van der Waals surface area (Å²) in [4.78, 5) is 0. The highest BCUT2D eigenvalue weighted by molar-refractivity contribution is 6.41. The molecule has 0 saturated carbocycles. The third-order valence-corrected chi connectivity index (χ3v) is 3.61. The Morgan fingerprint density at radius 1 is 1.00 bits per heavy atom. The van der Waals surface area contributed by atoms with E-state index in [1.54, 1.807) is 6.92 Å². The van der Waals surface area contributed by atoms with E-state index in [-0.39, 0.29) is 0 Å². The zero-order valence-electron chi connectivity index (χ0n) is 10.4. The molecule has 0 amide bonds. The number of nitrogens with one attached hydrogen (secondary N) is 1. The second kappa shape index (κ2) is 6.17. The summed E-state index contributed by atoms with van der Waals surface area (Å²) in [5, 5.41) is 4.07. The van der Waals surface area contributed by atoms with Crippen LogP contribution >= 0.6 is 34.8 Å². The molecule has 0 aromatic heterocycles. The van der Waals surface area contributed by atoms with Gasteiger partial charge in [-0.3, -0.25) is 0 Å². The van der Waals surface area contributed by atoms with Crippen molar-refractivity contribution in [2.75, 3.05) is 5.32 Å². The van der Waals surface area contributed by atoms with Gasteiger partial charge in [-0.2, -0.15) is 0 Å². The van der Waals surface area contributed by atoms with Gasteiger partial charge in [0.25, 0.3) is 0 Å². The van der Waals surface area contributed by atoms with Crippen LogP contribution in [0.25, 0.3) is 0 Å². The summed E-state index contributed by atoms with van der Waals surface area (Å²) in [6.07, 6.45) is 0. The molecule has 0 saturated heterocycles. The highest BCUT2D eigenvalue weighted by Gasteiger charge is 2.15. The minimum absolute atomic E-state index is 0.313. The second-order valence-corrected chi connectivity index (χ2v) is 5.53. The van der Waals surface area contributed by atoms with Crippen molar-refractivity contribution >= 4 is 40.5 Å². The number of halogens is 5. The summed E-state index contributed by atoms with van der Waals surface area (Å²) in [6, 6.07) is 6.03. The van der Waals surface area contributed by atoms with Gasteiger partial charge in [0, 0.05) is 16.7 Å². The molecular weight excluding hydrogens is 327 g/mol. The first-order valence-electron chi connectivity index (χ1n) is 5.74. The lowest BCUT2D eigenvalue weighted by atomic mass is 10.1. The van der Waals surface area contributed by atoms with Crippen molar-refractivity contribution in [3.8, 4) is 0 Å². The number of hydrogen-bond acceptors (Lipinski definition) is 1. The predicted octanol–water partition coefficient (Wildman–Crippen LogP) is 6.10. The molecule has 2 rings (SSSR count). The van der Waals surface area contributed by atoms with Crippen molar-refractivity contribution < 1.29 is 8.78 Å². The average molecular weight is 337 g/mol. The predicted molar refractivity (Wildman–Crippen MR) is 79.9 cm³/mol. The molecule has 0 heterocycles. The summed E-state index contributed by atoms with van der Waals surface area (Å²) in [5.41, 5.74) is 0.766. The molecule has 0 aliphatic heterocycles.